The molecule has 0 bridgehead atoms. The van der Waals surface area contributed by atoms with Crippen molar-refractivity contribution in [3.8, 4) is 11.4 Å². The van der Waals surface area contributed by atoms with E-state index in [1.807, 2.05) is 31.2 Å². The Kier molecular flexibility index (Phi) is 6.26. The summed E-state index contributed by atoms with van der Waals surface area (Å²) in [6.07, 6.45) is 4.55. The molecule has 3 amide bonds. The summed E-state index contributed by atoms with van der Waals surface area (Å²) in [6.45, 7) is 2.00. The molecule has 10 heteroatoms. The van der Waals surface area contributed by atoms with Gasteiger partial charge in [-0.3, -0.25) is 9.79 Å². The first-order valence-electron chi connectivity index (χ1n) is 11.9. The predicted octanol–water partition coefficient (Wildman–Crippen LogP) is 3.67. The number of hydrogen-bond acceptors (Lipinski definition) is 6. The van der Waals surface area contributed by atoms with E-state index in [-0.39, 0.29) is 11.8 Å². The second-order valence-electron chi connectivity index (χ2n) is 9.05. The van der Waals surface area contributed by atoms with Crippen LogP contribution in [0.5, 0.6) is 0 Å². The lowest BCUT2D eigenvalue weighted by Crippen LogP contribution is -2.47. The fraction of sp³-hybridized carbons (Fsp3) is 0.360. The maximum Gasteiger partial charge on any atom is 0.321 e. The third-order valence-electron chi connectivity index (χ3n) is 6.68. The van der Waals surface area contributed by atoms with Gasteiger partial charge in [0.05, 0.1) is 11.4 Å². The summed E-state index contributed by atoms with van der Waals surface area (Å²) in [5.74, 6) is 0.482. The summed E-state index contributed by atoms with van der Waals surface area (Å²) in [5.41, 5.74) is 5.02. The first-order valence-corrected chi connectivity index (χ1v) is 11.9. The van der Waals surface area contributed by atoms with Crippen molar-refractivity contribution in [3.05, 3.63) is 53.6 Å². The molecule has 2 aromatic carbocycles. The van der Waals surface area contributed by atoms with Gasteiger partial charge in [-0.2, -0.15) is 0 Å². The lowest BCUT2D eigenvalue weighted by molar-refractivity contribution is -0.119. The highest BCUT2D eigenvalue weighted by atomic mass is 16.2. The highest BCUT2D eigenvalue weighted by Gasteiger charge is 2.34. The van der Waals surface area contributed by atoms with Gasteiger partial charge < -0.3 is 15.5 Å². The Balaban J connectivity index is 1.42. The summed E-state index contributed by atoms with van der Waals surface area (Å²) < 4.78 is 0. The van der Waals surface area contributed by atoms with Gasteiger partial charge in [0, 0.05) is 29.8 Å². The Morgan fingerprint density at radius 3 is 2.69 bits per heavy atom. The number of carbonyl (C=O) groups excluding carboxylic acids is 2. The molecule has 2 heterocycles. The first kappa shape index (κ1) is 22.7. The fourth-order valence-corrected chi connectivity index (χ4v) is 4.98. The van der Waals surface area contributed by atoms with E-state index in [2.05, 4.69) is 31.3 Å². The number of fused-ring (bicyclic) bond motifs is 1. The second-order valence-corrected chi connectivity index (χ2v) is 9.05. The van der Waals surface area contributed by atoms with E-state index < -0.39 is 12.2 Å². The summed E-state index contributed by atoms with van der Waals surface area (Å²) in [4.78, 5) is 32.9. The summed E-state index contributed by atoms with van der Waals surface area (Å²) in [5, 5.41) is 19.3. The molecular formula is C25H28N8O2. The summed E-state index contributed by atoms with van der Waals surface area (Å²) >= 11 is 0. The second kappa shape index (κ2) is 9.65. The Morgan fingerprint density at radius 2 is 1.91 bits per heavy atom. The molecule has 0 saturated heterocycles. The molecule has 1 aromatic heterocycles. The molecule has 3 N–H and O–H groups in total. The number of amides is 3. The number of para-hydroxylation sites is 1. The lowest BCUT2D eigenvalue weighted by Gasteiger charge is -2.25. The van der Waals surface area contributed by atoms with Crippen molar-refractivity contribution in [3.63, 3.8) is 0 Å². The van der Waals surface area contributed by atoms with Crippen LogP contribution in [0.15, 0.2) is 47.5 Å². The molecule has 2 aliphatic rings. The Labute approximate surface area is 203 Å². The van der Waals surface area contributed by atoms with Gasteiger partial charge in [-0.05, 0) is 47.9 Å². The number of carbonyl (C=O) groups is 2. The molecule has 1 aliphatic carbocycles. The highest BCUT2D eigenvalue weighted by Crippen LogP contribution is 2.35. The number of likely N-dealkylation sites (N-methyl/N-ethyl adjacent to an activating group) is 1. The Morgan fingerprint density at radius 1 is 1.11 bits per heavy atom. The number of benzodiazepines with no additional fused rings is 1. The number of H-pyrrole nitrogens is 1. The van der Waals surface area contributed by atoms with E-state index in [1.54, 1.807) is 30.1 Å². The third kappa shape index (κ3) is 4.64. The van der Waals surface area contributed by atoms with Crippen LogP contribution in [0.1, 0.15) is 43.2 Å². The molecule has 35 heavy (non-hydrogen) atoms. The number of tetrazole rings is 1. The number of nitrogens with one attached hydrogen (secondary N) is 3. The first-order chi connectivity index (χ1) is 17.0. The van der Waals surface area contributed by atoms with Crippen LogP contribution in [-0.2, 0) is 4.79 Å². The number of rotatable bonds is 4. The van der Waals surface area contributed by atoms with E-state index >= 15 is 0 Å². The average molecular weight is 473 g/mol. The standard InChI is InChI=1S/C25H28N8O2/c1-15-8-6-13-19-20(16-9-4-3-5-10-16)27-23(24(34)33(2)21(15)19)28-25(35)26-18-12-7-11-17(14-18)22-29-31-32-30-22/h6-8,11-14,16,23H,3-5,9-10H2,1-2H3,(H2,26,28,35)(H,29,30,31,32). The van der Waals surface area contributed by atoms with Gasteiger partial charge in [0.1, 0.15) is 0 Å². The number of urea groups is 1. The van der Waals surface area contributed by atoms with Crippen molar-refractivity contribution >= 4 is 29.0 Å². The van der Waals surface area contributed by atoms with E-state index in [4.69, 9.17) is 4.99 Å². The van der Waals surface area contributed by atoms with E-state index in [9.17, 15) is 9.59 Å². The molecule has 0 spiro atoms. The monoisotopic (exact) mass is 472 g/mol. The SMILES string of the molecule is Cc1cccc2c1N(C)C(=O)C(NC(=O)Nc1cccc(-c3nnn[nH]3)c1)N=C2C1CCCCC1. The van der Waals surface area contributed by atoms with Crippen LogP contribution in [0.25, 0.3) is 11.4 Å². The highest BCUT2D eigenvalue weighted by molar-refractivity contribution is 6.14. The van der Waals surface area contributed by atoms with Crippen molar-refractivity contribution in [2.24, 2.45) is 10.9 Å². The molecule has 10 nitrogen and oxygen atoms in total. The van der Waals surface area contributed by atoms with Gasteiger partial charge in [0.15, 0.2) is 5.82 Å². The van der Waals surface area contributed by atoms with Gasteiger partial charge in [0.25, 0.3) is 5.91 Å². The van der Waals surface area contributed by atoms with Crippen LogP contribution in [0.4, 0.5) is 16.2 Å². The van der Waals surface area contributed by atoms with E-state index in [1.165, 1.54) is 6.42 Å². The summed E-state index contributed by atoms with van der Waals surface area (Å²) in [6, 6.07) is 12.6. The molecule has 1 fully saturated rings. The van der Waals surface area contributed by atoms with Gasteiger partial charge >= 0.3 is 6.03 Å². The van der Waals surface area contributed by atoms with Crippen LogP contribution in [0, 0.1) is 12.8 Å². The Bertz CT molecular complexity index is 1260. The average Bonchev–Trinajstić information content (AvgIpc) is 3.38. The predicted molar refractivity (Wildman–Crippen MR) is 133 cm³/mol. The molecule has 1 saturated carbocycles. The topological polar surface area (TPSA) is 128 Å². The Hall–Kier alpha value is -4.08. The van der Waals surface area contributed by atoms with Crippen LogP contribution in [-0.4, -0.2) is 51.5 Å². The van der Waals surface area contributed by atoms with Crippen LogP contribution in [0.3, 0.4) is 0 Å². The van der Waals surface area contributed by atoms with Crippen LogP contribution in [0.2, 0.25) is 0 Å². The van der Waals surface area contributed by atoms with Crippen molar-refractivity contribution < 1.29 is 9.59 Å². The number of aromatic nitrogens is 4. The number of aryl methyl sites for hydroxylation is 1. The van der Waals surface area contributed by atoms with Gasteiger partial charge in [-0.25, -0.2) is 9.89 Å². The molecule has 0 radical (unpaired) electrons. The van der Waals surface area contributed by atoms with Crippen LogP contribution >= 0.6 is 0 Å². The minimum Gasteiger partial charge on any atom is -0.311 e. The molecular weight excluding hydrogens is 444 g/mol. The number of anilines is 2. The molecule has 5 rings (SSSR count). The maximum absolute atomic E-state index is 13.4. The van der Waals surface area contributed by atoms with E-state index in [0.29, 0.717) is 11.5 Å². The summed E-state index contributed by atoms with van der Waals surface area (Å²) in [7, 11) is 1.75. The maximum atomic E-state index is 13.4. The molecule has 1 atom stereocenters. The third-order valence-corrected chi connectivity index (χ3v) is 6.68. The zero-order chi connectivity index (χ0) is 24.4. The molecule has 180 valence electrons. The van der Waals surface area contributed by atoms with Gasteiger partial charge in [0.2, 0.25) is 6.17 Å². The van der Waals surface area contributed by atoms with E-state index in [0.717, 1.165) is 53.8 Å². The number of benzene rings is 2. The largest absolute Gasteiger partial charge is 0.321 e. The molecule has 1 unspecified atom stereocenters. The molecule has 1 aliphatic heterocycles. The number of aliphatic imine (C=N–C) groups is 1. The van der Waals surface area contributed by atoms with Crippen molar-refractivity contribution in [1.29, 1.82) is 0 Å². The van der Waals surface area contributed by atoms with Crippen molar-refractivity contribution in [1.82, 2.24) is 25.9 Å². The number of hydrogen-bond donors (Lipinski definition) is 3. The van der Waals surface area contributed by atoms with Crippen LogP contribution < -0.4 is 15.5 Å². The number of nitrogens with zero attached hydrogens (tertiary/aromatic N) is 5. The van der Waals surface area contributed by atoms with Gasteiger partial charge in [-0.15, -0.1) is 5.10 Å². The molecule has 3 aromatic rings. The normalized spacial score (nSPS) is 18.5. The minimum atomic E-state index is -1.02. The van der Waals surface area contributed by atoms with Crippen molar-refractivity contribution in [2.75, 3.05) is 17.3 Å². The zero-order valence-corrected chi connectivity index (χ0v) is 19.8. The lowest BCUT2D eigenvalue weighted by atomic mass is 9.82. The zero-order valence-electron chi connectivity index (χ0n) is 19.8. The minimum absolute atomic E-state index is 0.267. The number of aromatic amines is 1. The van der Waals surface area contributed by atoms with Crippen molar-refractivity contribution in [2.45, 2.75) is 45.2 Å². The smallest absolute Gasteiger partial charge is 0.311 e. The fourth-order valence-electron chi connectivity index (χ4n) is 4.98. The quantitative estimate of drug-likeness (QED) is 0.534. The van der Waals surface area contributed by atoms with Gasteiger partial charge in [-0.1, -0.05) is 49.6 Å².